The minimum atomic E-state index is -0.760. The third kappa shape index (κ3) is 6.81. The van der Waals surface area contributed by atoms with Gasteiger partial charge in [-0.05, 0) is 18.8 Å². The van der Waals surface area contributed by atoms with Gasteiger partial charge >= 0.3 is 0 Å². The Hall–Kier alpha value is -0.200. The van der Waals surface area contributed by atoms with Gasteiger partial charge in [-0.15, -0.1) is 0 Å². The molecule has 0 aromatic rings. The fourth-order valence-electron chi connectivity index (χ4n) is 1.20. The molecule has 1 saturated carbocycles. The molecule has 0 saturated heterocycles. The predicted molar refractivity (Wildman–Crippen MR) is 55.5 cm³/mol. The van der Waals surface area contributed by atoms with Gasteiger partial charge in [-0.3, -0.25) is 0 Å². The van der Waals surface area contributed by atoms with Gasteiger partial charge in [0.15, 0.2) is 0 Å². The maximum Gasteiger partial charge on any atom is 0.0897 e. The molecule has 0 spiro atoms. The highest BCUT2D eigenvalue weighted by Gasteiger charge is 2.21. The number of aliphatic hydroxyl groups is 3. The van der Waals surface area contributed by atoms with Crippen LogP contribution in [0.1, 0.15) is 12.8 Å². The van der Waals surface area contributed by atoms with Crippen molar-refractivity contribution < 1.29 is 20.1 Å². The molecule has 0 amide bonds. The van der Waals surface area contributed by atoms with Crippen LogP contribution in [-0.2, 0) is 4.74 Å². The van der Waals surface area contributed by atoms with Gasteiger partial charge < -0.3 is 25.4 Å². The van der Waals surface area contributed by atoms with Crippen LogP contribution < -0.4 is 5.32 Å². The smallest absolute Gasteiger partial charge is 0.0897 e. The van der Waals surface area contributed by atoms with Gasteiger partial charge in [-0.2, -0.15) is 0 Å². The van der Waals surface area contributed by atoms with Crippen molar-refractivity contribution in [1.82, 2.24) is 5.32 Å². The van der Waals surface area contributed by atoms with Gasteiger partial charge in [0.1, 0.15) is 0 Å². The summed E-state index contributed by atoms with van der Waals surface area (Å²) in [4.78, 5) is 0. The second-order valence-corrected chi connectivity index (χ2v) is 4.13. The first-order valence-corrected chi connectivity index (χ1v) is 5.47. The molecule has 1 aliphatic rings. The number of rotatable bonds is 9. The van der Waals surface area contributed by atoms with Gasteiger partial charge in [0, 0.05) is 19.7 Å². The summed E-state index contributed by atoms with van der Waals surface area (Å²) in [6.07, 6.45) is 1.19. The standard InChI is InChI=1S/C10H21NO4/c12-5-9(13)3-11-4-10(14)7-15-6-8-1-2-8/h8-14H,1-7H2. The lowest BCUT2D eigenvalue weighted by Crippen LogP contribution is -2.36. The fourth-order valence-corrected chi connectivity index (χ4v) is 1.20. The molecular weight excluding hydrogens is 198 g/mol. The van der Waals surface area contributed by atoms with Crippen LogP contribution in [0.4, 0.5) is 0 Å². The SMILES string of the molecule is OCC(O)CNCC(O)COCC1CC1. The molecule has 90 valence electrons. The summed E-state index contributed by atoms with van der Waals surface area (Å²) in [7, 11) is 0. The molecule has 5 nitrogen and oxygen atoms in total. The highest BCUT2D eigenvalue weighted by atomic mass is 16.5. The number of ether oxygens (including phenoxy) is 1. The molecular formula is C10H21NO4. The largest absolute Gasteiger partial charge is 0.394 e. The van der Waals surface area contributed by atoms with Gasteiger partial charge in [-0.1, -0.05) is 0 Å². The van der Waals surface area contributed by atoms with E-state index in [4.69, 9.17) is 14.9 Å². The molecule has 1 fully saturated rings. The normalized spacial score (nSPS) is 20.2. The van der Waals surface area contributed by atoms with Gasteiger partial charge in [0.05, 0.1) is 25.4 Å². The molecule has 0 aliphatic heterocycles. The average Bonchev–Trinajstić information content (AvgIpc) is 3.01. The zero-order chi connectivity index (χ0) is 11.1. The first-order valence-electron chi connectivity index (χ1n) is 5.47. The maximum absolute atomic E-state index is 9.44. The van der Waals surface area contributed by atoms with E-state index in [-0.39, 0.29) is 13.2 Å². The Bertz CT molecular complexity index is 164. The van der Waals surface area contributed by atoms with E-state index < -0.39 is 12.2 Å². The topological polar surface area (TPSA) is 82.0 Å². The Balaban J connectivity index is 1.85. The number of aliphatic hydroxyl groups excluding tert-OH is 3. The average molecular weight is 219 g/mol. The summed E-state index contributed by atoms with van der Waals surface area (Å²) in [6.45, 7) is 1.48. The minimum absolute atomic E-state index is 0.263. The molecule has 2 unspecified atom stereocenters. The van der Waals surface area contributed by atoms with Crippen molar-refractivity contribution >= 4 is 0 Å². The van der Waals surface area contributed by atoms with Gasteiger partial charge in [0.2, 0.25) is 0 Å². The van der Waals surface area contributed by atoms with E-state index in [0.717, 1.165) is 6.61 Å². The minimum Gasteiger partial charge on any atom is -0.394 e. The van der Waals surface area contributed by atoms with Gasteiger partial charge in [0.25, 0.3) is 0 Å². The van der Waals surface area contributed by atoms with Crippen LogP contribution in [-0.4, -0.2) is 60.4 Å². The van der Waals surface area contributed by atoms with Crippen LogP contribution in [0.2, 0.25) is 0 Å². The van der Waals surface area contributed by atoms with E-state index in [1.165, 1.54) is 12.8 Å². The Labute approximate surface area is 90.1 Å². The first-order chi connectivity index (χ1) is 7.22. The van der Waals surface area contributed by atoms with Crippen LogP contribution in [0.5, 0.6) is 0 Å². The van der Waals surface area contributed by atoms with Crippen LogP contribution in [0, 0.1) is 5.92 Å². The van der Waals surface area contributed by atoms with Crippen molar-refractivity contribution in [1.29, 1.82) is 0 Å². The molecule has 1 aliphatic carbocycles. The molecule has 0 radical (unpaired) electrons. The summed E-state index contributed by atoms with van der Waals surface area (Å²) < 4.78 is 5.30. The zero-order valence-electron chi connectivity index (χ0n) is 8.93. The second-order valence-electron chi connectivity index (χ2n) is 4.13. The number of nitrogens with one attached hydrogen (secondary N) is 1. The van der Waals surface area contributed by atoms with Crippen LogP contribution in [0.3, 0.4) is 0 Å². The van der Waals surface area contributed by atoms with E-state index >= 15 is 0 Å². The lowest BCUT2D eigenvalue weighted by Gasteiger charge is -2.13. The monoisotopic (exact) mass is 219 g/mol. The molecule has 0 bridgehead atoms. The third-order valence-corrected chi connectivity index (χ3v) is 2.33. The summed E-state index contributed by atoms with van der Waals surface area (Å²) in [5.41, 5.74) is 0. The van der Waals surface area contributed by atoms with Crippen LogP contribution in [0.25, 0.3) is 0 Å². The summed E-state index contributed by atoms with van der Waals surface area (Å²) >= 11 is 0. The molecule has 1 rings (SSSR count). The highest BCUT2D eigenvalue weighted by Crippen LogP contribution is 2.28. The third-order valence-electron chi connectivity index (χ3n) is 2.33. The quantitative estimate of drug-likeness (QED) is 0.388. The van der Waals surface area contributed by atoms with Crippen molar-refractivity contribution in [3.05, 3.63) is 0 Å². The second kappa shape index (κ2) is 7.14. The molecule has 2 atom stereocenters. The Kier molecular flexibility index (Phi) is 6.12. The summed E-state index contributed by atoms with van der Waals surface area (Å²) in [5.74, 6) is 0.710. The highest BCUT2D eigenvalue weighted by molar-refractivity contribution is 4.72. The van der Waals surface area contributed by atoms with E-state index in [2.05, 4.69) is 5.32 Å². The molecule has 5 heteroatoms. The van der Waals surface area contributed by atoms with E-state index in [9.17, 15) is 5.11 Å². The lowest BCUT2D eigenvalue weighted by atomic mass is 10.3. The van der Waals surface area contributed by atoms with E-state index in [1.807, 2.05) is 0 Å². The lowest BCUT2D eigenvalue weighted by molar-refractivity contribution is 0.0292. The summed E-state index contributed by atoms with van der Waals surface area (Å²) in [5, 5.41) is 29.8. The van der Waals surface area contributed by atoms with Crippen LogP contribution in [0.15, 0.2) is 0 Å². The molecule has 0 heterocycles. The predicted octanol–water partition coefficient (Wildman–Crippen LogP) is -1.28. The van der Waals surface area contributed by atoms with Crippen molar-refractivity contribution in [3.8, 4) is 0 Å². The molecule has 15 heavy (non-hydrogen) atoms. The number of hydrogen-bond acceptors (Lipinski definition) is 5. The fraction of sp³-hybridized carbons (Fsp3) is 1.00. The Morgan fingerprint density at radius 2 is 1.87 bits per heavy atom. The zero-order valence-corrected chi connectivity index (χ0v) is 8.93. The molecule has 4 N–H and O–H groups in total. The number of hydrogen-bond donors (Lipinski definition) is 4. The van der Waals surface area contributed by atoms with Crippen molar-refractivity contribution in [3.63, 3.8) is 0 Å². The van der Waals surface area contributed by atoms with Crippen LogP contribution >= 0.6 is 0 Å². The van der Waals surface area contributed by atoms with Gasteiger partial charge in [-0.25, -0.2) is 0 Å². The van der Waals surface area contributed by atoms with Crippen molar-refractivity contribution in [2.75, 3.05) is 32.9 Å². The maximum atomic E-state index is 9.44. The Morgan fingerprint density at radius 1 is 1.20 bits per heavy atom. The van der Waals surface area contributed by atoms with E-state index in [1.54, 1.807) is 0 Å². The Morgan fingerprint density at radius 3 is 2.47 bits per heavy atom. The summed E-state index contributed by atoms with van der Waals surface area (Å²) in [6, 6.07) is 0. The molecule has 0 aromatic heterocycles. The van der Waals surface area contributed by atoms with Crippen molar-refractivity contribution in [2.24, 2.45) is 5.92 Å². The van der Waals surface area contributed by atoms with Crippen molar-refractivity contribution in [2.45, 2.75) is 25.0 Å². The molecule has 0 aromatic carbocycles. The first kappa shape index (κ1) is 12.9. The van der Waals surface area contributed by atoms with E-state index in [0.29, 0.717) is 19.1 Å².